The van der Waals surface area contributed by atoms with Gasteiger partial charge in [-0.25, -0.2) is 0 Å². The van der Waals surface area contributed by atoms with Gasteiger partial charge in [0.2, 0.25) is 0 Å². The molecule has 0 heterocycles. The Labute approximate surface area is 107 Å². The Morgan fingerprint density at radius 3 is 2.22 bits per heavy atom. The third-order valence-corrected chi connectivity index (χ3v) is 4.53. The molecule has 0 saturated carbocycles. The first-order chi connectivity index (χ1) is 8.33. The van der Waals surface area contributed by atoms with E-state index < -0.39 is 23.8 Å². The van der Waals surface area contributed by atoms with Crippen molar-refractivity contribution in [2.75, 3.05) is 0 Å². The lowest BCUT2D eigenvalue weighted by Crippen LogP contribution is -2.37. The van der Waals surface area contributed by atoms with Crippen molar-refractivity contribution in [2.24, 2.45) is 17.3 Å². The van der Waals surface area contributed by atoms with Crippen LogP contribution < -0.4 is 0 Å². The van der Waals surface area contributed by atoms with Crippen LogP contribution in [0.5, 0.6) is 0 Å². The summed E-state index contributed by atoms with van der Waals surface area (Å²) in [5.74, 6) is -3.47. The van der Waals surface area contributed by atoms with E-state index >= 15 is 0 Å². The normalized spacial score (nSPS) is 30.8. The van der Waals surface area contributed by atoms with Crippen LogP contribution in [0.4, 0.5) is 0 Å². The summed E-state index contributed by atoms with van der Waals surface area (Å²) >= 11 is 0. The van der Waals surface area contributed by atoms with Crippen molar-refractivity contribution in [3.05, 3.63) is 11.1 Å². The zero-order valence-electron chi connectivity index (χ0n) is 10.9. The third kappa shape index (κ3) is 2.16. The molecule has 2 aliphatic rings. The van der Waals surface area contributed by atoms with Gasteiger partial charge in [-0.1, -0.05) is 25.0 Å². The maximum absolute atomic E-state index is 11.3. The largest absolute Gasteiger partial charge is 0.481 e. The summed E-state index contributed by atoms with van der Waals surface area (Å²) in [5.41, 5.74) is 2.44. The molecule has 100 valence electrons. The predicted molar refractivity (Wildman–Crippen MR) is 66.1 cm³/mol. The van der Waals surface area contributed by atoms with Crippen molar-refractivity contribution in [1.82, 2.24) is 0 Å². The van der Waals surface area contributed by atoms with Gasteiger partial charge in [0.05, 0.1) is 11.8 Å². The van der Waals surface area contributed by atoms with Crippen LogP contribution >= 0.6 is 0 Å². The SMILES string of the molecule is CC1(C)CCCC2=C1C[C@@H](C(=O)O)[C@@H](C(=O)O)C2. The van der Waals surface area contributed by atoms with Gasteiger partial charge >= 0.3 is 11.9 Å². The Morgan fingerprint density at radius 2 is 1.67 bits per heavy atom. The van der Waals surface area contributed by atoms with Gasteiger partial charge in [-0.3, -0.25) is 9.59 Å². The minimum absolute atomic E-state index is 0.0325. The van der Waals surface area contributed by atoms with E-state index in [1.54, 1.807) is 0 Å². The van der Waals surface area contributed by atoms with Crippen LogP contribution in [0, 0.1) is 17.3 Å². The first-order valence-electron chi connectivity index (χ1n) is 6.50. The fourth-order valence-electron chi connectivity index (χ4n) is 3.46. The van der Waals surface area contributed by atoms with Crippen LogP contribution in [-0.2, 0) is 9.59 Å². The van der Waals surface area contributed by atoms with Gasteiger partial charge in [0.15, 0.2) is 0 Å². The van der Waals surface area contributed by atoms with Crippen LogP contribution in [-0.4, -0.2) is 22.2 Å². The molecule has 0 amide bonds. The third-order valence-electron chi connectivity index (χ3n) is 4.53. The van der Waals surface area contributed by atoms with E-state index in [2.05, 4.69) is 13.8 Å². The van der Waals surface area contributed by atoms with Crippen molar-refractivity contribution in [3.8, 4) is 0 Å². The van der Waals surface area contributed by atoms with Crippen LogP contribution in [0.1, 0.15) is 46.0 Å². The Bertz CT molecular complexity index is 420. The number of carboxylic acid groups (broad SMARTS) is 2. The van der Waals surface area contributed by atoms with Gasteiger partial charge in [0.25, 0.3) is 0 Å². The second-order valence-corrected chi connectivity index (χ2v) is 6.12. The number of allylic oxidation sites excluding steroid dienone is 2. The number of carbonyl (C=O) groups is 2. The molecule has 4 heteroatoms. The molecule has 0 spiro atoms. The summed E-state index contributed by atoms with van der Waals surface area (Å²) in [4.78, 5) is 22.5. The average Bonchev–Trinajstić information content (AvgIpc) is 2.27. The highest BCUT2D eigenvalue weighted by Crippen LogP contribution is 2.49. The minimum Gasteiger partial charge on any atom is -0.481 e. The number of hydrogen-bond donors (Lipinski definition) is 2. The van der Waals surface area contributed by atoms with Crippen LogP contribution in [0.3, 0.4) is 0 Å². The van der Waals surface area contributed by atoms with Crippen molar-refractivity contribution >= 4 is 11.9 Å². The topological polar surface area (TPSA) is 74.6 Å². The molecule has 0 saturated heterocycles. The molecule has 2 atom stereocenters. The van der Waals surface area contributed by atoms with Crippen molar-refractivity contribution in [2.45, 2.75) is 46.0 Å². The van der Waals surface area contributed by atoms with Crippen molar-refractivity contribution < 1.29 is 19.8 Å². The van der Waals surface area contributed by atoms with Gasteiger partial charge in [-0.05, 0) is 37.5 Å². The van der Waals surface area contributed by atoms with E-state index in [9.17, 15) is 19.8 Å². The van der Waals surface area contributed by atoms with Gasteiger partial charge in [-0.2, -0.15) is 0 Å². The number of hydrogen-bond acceptors (Lipinski definition) is 2. The summed E-state index contributed by atoms with van der Waals surface area (Å²) in [5, 5.41) is 18.4. The van der Waals surface area contributed by atoms with Gasteiger partial charge < -0.3 is 10.2 Å². The highest BCUT2D eigenvalue weighted by molar-refractivity contribution is 5.81. The van der Waals surface area contributed by atoms with Gasteiger partial charge in [0.1, 0.15) is 0 Å². The van der Waals surface area contributed by atoms with E-state index in [-0.39, 0.29) is 5.41 Å². The van der Waals surface area contributed by atoms with Crippen LogP contribution in [0.15, 0.2) is 11.1 Å². The van der Waals surface area contributed by atoms with Gasteiger partial charge in [0, 0.05) is 0 Å². The Hall–Kier alpha value is -1.32. The van der Waals surface area contributed by atoms with E-state index in [1.807, 2.05) is 0 Å². The number of rotatable bonds is 2. The molecule has 0 fully saturated rings. The molecule has 2 aliphatic carbocycles. The highest BCUT2D eigenvalue weighted by Gasteiger charge is 2.43. The summed E-state index contributed by atoms with van der Waals surface area (Å²) < 4.78 is 0. The molecule has 0 aromatic rings. The molecule has 0 aromatic carbocycles. The first-order valence-corrected chi connectivity index (χ1v) is 6.50. The fourth-order valence-corrected chi connectivity index (χ4v) is 3.46. The Morgan fingerprint density at radius 1 is 1.11 bits per heavy atom. The second-order valence-electron chi connectivity index (χ2n) is 6.12. The lowest BCUT2D eigenvalue weighted by Gasteiger charge is -2.41. The van der Waals surface area contributed by atoms with Crippen molar-refractivity contribution in [1.29, 1.82) is 0 Å². The summed E-state index contributed by atoms with van der Waals surface area (Å²) in [6.07, 6.45) is 3.92. The quantitative estimate of drug-likeness (QED) is 0.741. The molecule has 0 radical (unpaired) electrons. The summed E-state index contributed by atoms with van der Waals surface area (Å²) in [7, 11) is 0. The number of carboxylic acids is 2. The maximum atomic E-state index is 11.3. The summed E-state index contributed by atoms with van der Waals surface area (Å²) in [6, 6.07) is 0. The number of aliphatic carboxylic acids is 2. The molecule has 2 N–H and O–H groups in total. The molecular weight excluding hydrogens is 232 g/mol. The molecule has 18 heavy (non-hydrogen) atoms. The highest BCUT2D eigenvalue weighted by atomic mass is 16.4. The molecule has 0 aliphatic heterocycles. The van der Waals surface area contributed by atoms with E-state index in [4.69, 9.17) is 0 Å². The van der Waals surface area contributed by atoms with Crippen LogP contribution in [0.25, 0.3) is 0 Å². The maximum Gasteiger partial charge on any atom is 0.307 e. The molecule has 0 bridgehead atoms. The first kappa shape index (κ1) is 13.1. The van der Waals surface area contributed by atoms with Crippen LogP contribution in [0.2, 0.25) is 0 Å². The predicted octanol–water partition coefficient (Wildman–Crippen LogP) is 2.69. The van der Waals surface area contributed by atoms with Crippen molar-refractivity contribution in [3.63, 3.8) is 0 Å². The minimum atomic E-state index is -0.977. The lowest BCUT2D eigenvalue weighted by molar-refractivity contribution is -0.154. The zero-order chi connectivity index (χ0) is 13.5. The molecule has 0 unspecified atom stereocenters. The summed E-state index contributed by atoms with van der Waals surface area (Å²) in [6.45, 7) is 4.28. The average molecular weight is 252 g/mol. The fraction of sp³-hybridized carbons (Fsp3) is 0.714. The molecule has 2 rings (SSSR count). The van der Waals surface area contributed by atoms with E-state index in [0.29, 0.717) is 12.8 Å². The second kappa shape index (κ2) is 4.41. The molecule has 4 nitrogen and oxygen atoms in total. The van der Waals surface area contributed by atoms with E-state index in [1.165, 1.54) is 11.1 Å². The lowest BCUT2D eigenvalue weighted by atomic mass is 9.63. The monoisotopic (exact) mass is 252 g/mol. The Kier molecular flexibility index (Phi) is 3.21. The molecular formula is C14H20O4. The van der Waals surface area contributed by atoms with Gasteiger partial charge in [-0.15, -0.1) is 0 Å². The standard InChI is InChI=1S/C14H20O4/c1-14(2)5-3-4-8-6-9(12(15)16)10(13(17)18)7-11(8)14/h9-10H,3-7H2,1-2H3,(H,15,16)(H,17,18)/t9-,10+/m0/s1. The molecule has 0 aromatic heterocycles. The van der Waals surface area contributed by atoms with E-state index in [0.717, 1.165) is 19.3 Å². The zero-order valence-corrected chi connectivity index (χ0v) is 10.9. The smallest absolute Gasteiger partial charge is 0.307 e. The Balaban J connectivity index is 2.37.